The van der Waals surface area contributed by atoms with Gasteiger partial charge in [-0.2, -0.15) is 30.2 Å². The topological polar surface area (TPSA) is 86.3 Å². The summed E-state index contributed by atoms with van der Waals surface area (Å²) in [5.41, 5.74) is 1.79. The van der Waals surface area contributed by atoms with Gasteiger partial charge in [-0.05, 0) is 36.4 Å². The Labute approximate surface area is 213 Å². The molecule has 3 aromatic heterocycles. The lowest BCUT2D eigenvalue weighted by molar-refractivity contribution is -0.0494. The summed E-state index contributed by atoms with van der Waals surface area (Å²) in [6.45, 7) is 1.36. The Morgan fingerprint density at radius 2 is 2.03 bits per heavy atom. The van der Waals surface area contributed by atoms with E-state index in [1.165, 1.54) is 15.4 Å². The number of benzene rings is 1. The SMILES string of the molecule is CCC[Si](CCC)Sc1ccc(OC(F)F)c(-c2nn(C)cc2NC(=O)c2cnn3cccnc23)c1. The number of nitrogens with one attached hydrogen (secondary N) is 1. The van der Waals surface area contributed by atoms with E-state index in [2.05, 4.69) is 34.3 Å². The molecule has 0 atom stereocenters. The van der Waals surface area contributed by atoms with Gasteiger partial charge in [0, 0.05) is 36.1 Å². The number of fused-ring (bicyclic) bond motifs is 1. The Morgan fingerprint density at radius 1 is 1.25 bits per heavy atom. The van der Waals surface area contributed by atoms with Crippen LogP contribution >= 0.6 is 11.2 Å². The van der Waals surface area contributed by atoms with Gasteiger partial charge in [0.15, 0.2) is 5.65 Å². The zero-order chi connectivity index (χ0) is 25.7. The predicted molar refractivity (Wildman–Crippen MR) is 138 cm³/mol. The van der Waals surface area contributed by atoms with E-state index in [-0.39, 0.29) is 11.3 Å². The summed E-state index contributed by atoms with van der Waals surface area (Å²) < 4.78 is 34.3. The number of nitrogens with zero attached hydrogens (tertiary/aromatic N) is 5. The summed E-state index contributed by atoms with van der Waals surface area (Å²) in [5, 5.41) is 11.5. The number of carbonyl (C=O) groups is 1. The molecule has 1 radical (unpaired) electrons. The number of hydrogen-bond donors (Lipinski definition) is 1. The second-order valence-electron chi connectivity index (χ2n) is 8.14. The largest absolute Gasteiger partial charge is 0.434 e. The molecule has 0 aliphatic heterocycles. The van der Waals surface area contributed by atoms with Gasteiger partial charge in [-0.25, -0.2) is 9.50 Å². The van der Waals surface area contributed by atoms with Gasteiger partial charge >= 0.3 is 6.61 Å². The molecule has 0 fully saturated rings. The zero-order valence-corrected chi connectivity index (χ0v) is 22.1. The molecule has 0 spiro atoms. The summed E-state index contributed by atoms with van der Waals surface area (Å²) in [4.78, 5) is 18.3. The van der Waals surface area contributed by atoms with E-state index in [1.807, 2.05) is 23.3 Å². The Balaban J connectivity index is 1.70. The fraction of sp³-hybridized carbons (Fsp3) is 0.333. The minimum absolute atomic E-state index is 0.000883. The van der Waals surface area contributed by atoms with Crippen LogP contribution in [0.25, 0.3) is 16.9 Å². The minimum atomic E-state index is -2.99. The summed E-state index contributed by atoms with van der Waals surface area (Å²) in [6.07, 6.45) is 8.54. The van der Waals surface area contributed by atoms with Crippen LogP contribution in [0, 0.1) is 0 Å². The molecule has 1 N–H and O–H groups in total. The number of halogens is 2. The fourth-order valence-corrected chi connectivity index (χ4v) is 9.30. The summed E-state index contributed by atoms with van der Waals surface area (Å²) in [7, 11) is 1.01. The third-order valence-electron chi connectivity index (χ3n) is 5.34. The van der Waals surface area contributed by atoms with E-state index in [4.69, 9.17) is 4.74 Å². The van der Waals surface area contributed by atoms with Crippen LogP contribution in [-0.2, 0) is 7.05 Å². The second-order valence-corrected chi connectivity index (χ2v) is 13.2. The lowest BCUT2D eigenvalue weighted by Crippen LogP contribution is -2.12. The van der Waals surface area contributed by atoms with Gasteiger partial charge in [-0.3, -0.25) is 9.48 Å². The average Bonchev–Trinajstić information content (AvgIpc) is 3.43. The van der Waals surface area contributed by atoms with Crippen LogP contribution in [0.15, 0.2) is 53.9 Å². The molecule has 0 bridgehead atoms. The molecular weight excluding hydrogens is 502 g/mol. The summed E-state index contributed by atoms with van der Waals surface area (Å²) in [5.74, 6) is -0.433. The normalized spacial score (nSPS) is 11.5. The maximum Gasteiger partial charge on any atom is 0.387 e. The summed E-state index contributed by atoms with van der Waals surface area (Å²) in [6, 6.07) is 9.22. The van der Waals surface area contributed by atoms with Crippen molar-refractivity contribution in [2.24, 2.45) is 7.05 Å². The quantitative estimate of drug-likeness (QED) is 0.244. The molecule has 1 amide bonds. The van der Waals surface area contributed by atoms with Crippen LogP contribution < -0.4 is 10.1 Å². The molecule has 3 heterocycles. The van der Waals surface area contributed by atoms with Crippen molar-refractivity contribution in [1.29, 1.82) is 0 Å². The molecule has 0 aliphatic rings. The van der Waals surface area contributed by atoms with E-state index < -0.39 is 20.5 Å². The van der Waals surface area contributed by atoms with Crippen molar-refractivity contribution in [2.45, 2.75) is 50.3 Å². The lowest BCUT2D eigenvalue weighted by Gasteiger charge is -2.16. The van der Waals surface area contributed by atoms with Crippen molar-refractivity contribution in [3.8, 4) is 17.0 Å². The van der Waals surface area contributed by atoms with E-state index in [1.54, 1.807) is 37.8 Å². The molecule has 0 saturated heterocycles. The Morgan fingerprint density at radius 3 is 2.75 bits per heavy atom. The van der Waals surface area contributed by atoms with Crippen molar-refractivity contribution in [1.82, 2.24) is 24.4 Å². The number of amides is 1. The van der Waals surface area contributed by atoms with Crippen molar-refractivity contribution < 1.29 is 18.3 Å². The standard InChI is InChI=1S/C24H27F2N6O2SSi/c1-4-11-36(12-5-2)35-16-7-8-20(34-24(25)26)17(13-16)21-19(15-31(3)30-21)29-23(33)18-14-28-32-10-6-9-27-22(18)32/h6-10,13-15,24H,4-5,11-12H2,1-3H3,(H,29,33). The van der Waals surface area contributed by atoms with Crippen LogP contribution in [0.3, 0.4) is 0 Å². The smallest absolute Gasteiger partial charge is 0.387 e. The van der Waals surface area contributed by atoms with Gasteiger partial charge in [0.1, 0.15) is 25.0 Å². The van der Waals surface area contributed by atoms with Crippen LogP contribution in [0.1, 0.15) is 37.0 Å². The Kier molecular flexibility index (Phi) is 8.36. The molecular formula is C24H27F2N6O2SSi. The Bertz CT molecular complexity index is 1340. The van der Waals surface area contributed by atoms with Gasteiger partial charge in [-0.15, -0.1) is 0 Å². The molecule has 0 unspecified atom stereocenters. The highest BCUT2D eigenvalue weighted by atomic mass is 32.4. The van der Waals surface area contributed by atoms with Gasteiger partial charge < -0.3 is 10.1 Å². The number of alkyl halides is 2. The molecule has 36 heavy (non-hydrogen) atoms. The first-order valence-corrected chi connectivity index (χ1v) is 15.1. The molecule has 1 aromatic carbocycles. The van der Waals surface area contributed by atoms with E-state index in [9.17, 15) is 13.6 Å². The number of aromatic nitrogens is 5. The van der Waals surface area contributed by atoms with Gasteiger partial charge in [0.2, 0.25) is 0 Å². The summed E-state index contributed by atoms with van der Waals surface area (Å²) >= 11 is 1.82. The first-order chi connectivity index (χ1) is 17.4. The number of hydrogen-bond acceptors (Lipinski definition) is 6. The molecule has 4 rings (SSSR count). The lowest BCUT2D eigenvalue weighted by atomic mass is 10.1. The number of ether oxygens (including phenoxy) is 1. The highest BCUT2D eigenvalue weighted by Crippen LogP contribution is 2.39. The minimum Gasteiger partial charge on any atom is -0.434 e. The third kappa shape index (κ3) is 5.93. The van der Waals surface area contributed by atoms with Crippen LogP contribution in [-0.4, -0.2) is 44.8 Å². The Hall–Kier alpha value is -3.25. The number of anilines is 1. The van der Waals surface area contributed by atoms with Crippen molar-refractivity contribution >= 4 is 36.4 Å². The average molecular weight is 530 g/mol. The first kappa shape index (κ1) is 25.8. The number of aryl methyl sites for hydroxylation is 1. The zero-order valence-electron chi connectivity index (χ0n) is 20.2. The first-order valence-electron chi connectivity index (χ1n) is 11.6. The predicted octanol–water partition coefficient (Wildman–Crippen LogP) is 5.89. The highest BCUT2D eigenvalue weighted by Gasteiger charge is 2.22. The van der Waals surface area contributed by atoms with Crippen LogP contribution in [0.5, 0.6) is 5.75 Å². The number of carbonyl (C=O) groups excluding carboxylic acids is 1. The van der Waals surface area contributed by atoms with E-state index >= 15 is 0 Å². The van der Waals surface area contributed by atoms with Crippen molar-refractivity contribution in [3.05, 3.63) is 54.6 Å². The van der Waals surface area contributed by atoms with E-state index in [0.29, 0.717) is 22.6 Å². The van der Waals surface area contributed by atoms with Crippen LogP contribution in [0.4, 0.5) is 14.5 Å². The highest BCUT2D eigenvalue weighted by molar-refractivity contribution is 8.25. The molecule has 0 aliphatic carbocycles. The maximum atomic E-state index is 13.2. The van der Waals surface area contributed by atoms with Crippen molar-refractivity contribution in [2.75, 3.05) is 5.32 Å². The fourth-order valence-electron chi connectivity index (χ4n) is 3.86. The molecule has 8 nitrogen and oxygen atoms in total. The second kappa shape index (κ2) is 11.7. The molecule has 189 valence electrons. The van der Waals surface area contributed by atoms with Gasteiger partial charge in [0.25, 0.3) is 5.91 Å². The molecule has 12 heteroatoms. The molecule has 0 saturated carbocycles. The van der Waals surface area contributed by atoms with Gasteiger partial charge in [-0.1, -0.05) is 26.7 Å². The van der Waals surface area contributed by atoms with Crippen LogP contribution in [0.2, 0.25) is 12.1 Å². The third-order valence-corrected chi connectivity index (χ3v) is 11.0. The van der Waals surface area contributed by atoms with E-state index in [0.717, 1.165) is 29.8 Å². The molecule has 4 aromatic rings. The maximum absolute atomic E-state index is 13.2. The monoisotopic (exact) mass is 529 g/mol. The van der Waals surface area contributed by atoms with Gasteiger partial charge in [0.05, 0.1) is 11.9 Å². The van der Waals surface area contributed by atoms with Crippen molar-refractivity contribution in [3.63, 3.8) is 0 Å². The number of rotatable bonds is 11.